The standard InChI is InChI=1S/C19H19ClN6O2/c1-26-17(10(20)9-21-26)16-15-12(6-4-7-13(15)27)22-18(24-16)25-19-23-11-5-2-3-8-14(11)28-19/h2-3,5,8-9,12,15-16H,4,6-7H2,1H3,(H2,22,23,24,25). The number of oxazole rings is 1. The van der Waals surface area contributed by atoms with Gasteiger partial charge in [0.2, 0.25) is 0 Å². The molecular weight excluding hydrogens is 380 g/mol. The van der Waals surface area contributed by atoms with Crippen LogP contribution >= 0.6 is 11.6 Å². The third-order valence-electron chi connectivity index (χ3n) is 5.41. The van der Waals surface area contributed by atoms with Gasteiger partial charge in [-0.3, -0.25) is 14.8 Å². The number of halogens is 1. The Bertz CT molecular complexity index is 1030. The molecule has 5 rings (SSSR count). The number of benzene rings is 1. The zero-order valence-electron chi connectivity index (χ0n) is 15.2. The van der Waals surface area contributed by atoms with E-state index in [0.717, 1.165) is 24.1 Å². The van der Waals surface area contributed by atoms with Crippen LogP contribution in [-0.4, -0.2) is 32.5 Å². The molecule has 0 bridgehead atoms. The number of nitrogens with zero attached hydrogens (tertiary/aromatic N) is 4. The van der Waals surface area contributed by atoms with Crippen LogP contribution in [0.5, 0.6) is 0 Å². The number of Topliss-reactive ketones (excluding diaryl/α,β-unsaturated/α-hetero) is 1. The largest absolute Gasteiger partial charge is 0.423 e. The van der Waals surface area contributed by atoms with Crippen molar-refractivity contribution in [2.24, 2.45) is 18.0 Å². The van der Waals surface area contributed by atoms with Crippen molar-refractivity contribution in [3.63, 3.8) is 0 Å². The van der Waals surface area contributed by atoms with E-state index >= 15 is 0 Å². The fourth-order valence-electron chi connectivity index (χ4n) is 4.14. The maximum absolute atomic E-state index is 12.7. The first kappa shape index (κ1) is 17.2. The number of hydrogen-bond acceptors (Lipinski definition) is 7. The van der Waals surface area contributed by atoms with Gasteiger partial charge in [-0.05, 0) is 25.0 Å². The van der Waals surface area contributed by atoms with E-state index in [-0.39, 0.29) is 17.7 Å². The van der Waals surface area contributed by atoms with E-state index in [2.05, 4.69) is 20.7 Å². The van der Waals surface area contributed by atoms with E-state index in [1.165, 1.54) is 0 Å². The number of rotatable bonds is 2. The number of carbonyl (C=O) groups is 1. The van der Waals surface area contributed by atoms with Crippen molar-refractivity contribution >= 4 is 40.5 Å². The predicted molar refractivity (Wildman–Crippen MR) is 105 cm³/mol. The number of aromatic nitrogens is 3. The zero-order valence-corrected chi connectivity index (χ0v) is 16.0. The van der Waals surface area contributed by atoms with E-state index in [1.54, 1.807) is 10.9 Å². The summed E-state index contributed by atoms with van der Waals surface area (Å²) in [5.41, 5.74) is 2.20. The van der Waals surface area contributed by atoms with Gasteiger partial charge in [-0.2, -0.15) is 10.1 Å². The summed E-state index contributed by atoms with van der Waals surface area (Å²) in [7, 11) is 1.81. The van der Waals surface area contributed by atoms with Crippen molar-refractivity contribution in [2.45, 2.75) is 31.3 Å². The Kier molecular flexibility index (Phi) is 4.08. The first-order valence-electron chi connectivity index (χ1n) is 9.27. The van der Waals surface area contributed by atoms with Gasteiger partial charge >= 0.3 is 6.01 Å². The highest BCUT2D eigenvalue weighted by Crippen LogP contribution is 2.40. The number of carbonyl (C=O) groups excluding carboxylic acids is 1. The topological polar surface area (TPSA) is 97.3 Å². The van der Waals surface area contributed by atoms with E-state index in [9.17, 15) is 4.79 Å². The smallest absolute Gasteiger partial charge is 0.302 e. The molecule has 1 aliphatic carbocycles. The second kappa shape index (κ2) is 6.63. The summed E-state index contributed by atoms with van der Waals surface area (Å²) in [5.74, 6) is 0.455. The number of ketones is 1. The van der Waals surface area contributed by atoms with Crippen molar-refractivity contribution < 1.29 is 9.21 Å². The number of guanidine groups is 1. The number of fused-ring (bicyclic) bond motifs is 2. The van der Waals surface area contributed by atoms with Gasteiger partial charge in [0.1, 0.15) is 17.3 Å². The van der Waals surface area contributed by atoms with Gasteiger partial charge in [-0.15, -0.1) is 0 Å². The molecule has 0 saturated heterocycles. The Hall–Kier alpha value is -2.87. The number of anilines is 1. The minimum absolute atomic E-state index is 0.0263. The number of aryl methyl sites for hydroxylation is 1. The number of hydrogen-bond donors (Lipinski definition) is 2. The van der Waals surface area contributed by atoms with E-state index in [1.807, 2.05) is 31.3 Å². The van der Waals surface area contributed by atoms with Gasteiger partial charge in [-0.1, -0.05) is 23.7 Å². The Morgan fingerprint density at radius 1 is 1.36 bits per heavy atom. The van der Waals surface area contributed by atoms with Crippen molar-refractivity contribution in [2.75, 3.05) is 5.32 Å². The third-order valence-corrected chi connectivity index (χ3v) is 5.70. The zero-order chi connectivity index (χ0) is 19.3. The molecule has 2 N–H and O–H groups in total. The van der Waals surface area contributed by atoms with Gasteiger partial charge < -0.3 is 9.73 Å². The van der Waals surface area contributed by atoms with Gasteiger partial charge in [0.25, 0.3) is 0 Å². The van der Waals surface area contributed by atoms with Crippen LogP contribution in [0, 0.1) is 5.92 Å². The van der Waals surface area contributed by atoms with Crippen LogP contribution < -0.4 is 10.6 Å². The van der Waals surface area contributed by atoms with Crippen molar-refractivity contribution in [3.05, 3.63) is 41.2 Å². The van der Waals surface area contributed by atoms with Crippen LogP contribution in [0.15, 0.2) is 39.9 Å². The molecule has 1 saturated carbocycles. The maximum Gasteiger partial charge on any atom is 0.302 e. The molecule has 8 nitrogen and oxygen atoms in total. The van der Waals surface area contributed by atoms with Crippen molar-refractivity contribution in [1.29, 1.82) is 0 Å². The molecule has 0 amide bonds. The highest BCUT2D eigenvalue weighted by atomic mass is 35.5. The second-order valence-electron chi connectivity index (χ2n) is 7.17. The molecule has 3 heterocycles. The lowest BCUT2D eigenvalue weighted by Crippen LogP contribution is -2.53. The predicted octanol–water partition coefficient (Wildman–Crippen LogP) is 3.06. The minimum Gasteiger partial charge on any atom is -0.423 e. The Balaban J connectivity index is 1.53. The molecule has 3 unspecified atom stereocenters. The van der Waals surface area contributed by atoms with Crippen LogP contribution in [0.3, 0.4) is 0 Å². The van der Waals surface area contributed by atoms with Gasteiger partial charge in [0.15, 0.2) is 11.5 Å². The van der Waals surface area contributed by atoms with Crippen LogP contribution in [0.2, 0.25) is 5.02 Å². The Labute approximate surface area is 166 Å². The molecule has 3 aromatic rings. The monoisotopic (exact) mass is 398 g/mol. The molecule has 2 aliphatic rings. The highest BCUT2D eigenvalue weighted by molar-refractivity contribution is 6.31. The van der Waals surface area contributed by atoms with Crippen molar-refractivity contribution in [3.8, 4) is 0 Å². The Morgan fingerprint density at radius 3 is 3.00 bits per heavy atom. The average Bonchev–Trinajstić information content (AvgIpc) is 3.23. The lowest BCUT2D eigenvalue weighted by molar-refractivity contribution is -0.126. The van der Waals surface area contributed by atoms with Crippen LogP contribution in [0.4, 0.5) is 6.01 Å². The van der Waals surface area contributed by atoms with E-state index in [0.29, 0.717) is 29.0 Å². The highest BCUT2D eigenvalue weighted by Gasteiger charge is 2.44. The number of aliphatic imine (C=N–C) groups is 1. The number of nitrogens with one attached hydrogen (secondary N) is 2. The molecule has 1 aromatic carbocycles. The molecule has 0 radical (unpaired) electrons. The molecule has 0 spiro atoms. The van der Waals surface area contributed by atoms with E-state index in [4.69, 9.17) is 21.0 Å². The fourth-order valence-corrected chi connectivity index (χ4v) is 4.41. The van der Waals surface area contributed by atoms with Gasteiger partial charge in [0, 0.05) is 19.5 Å². The SMILES string of the molecule is Cn1ncc(Cl)c1C1N=C(Nc2nc3ccccc3o2)NC2CCCC(=O)C21. The quantitative estimate of drug-likeness (QED) is 0.688. The summed E-state index contributed by atoms with van der Waals surface area (Å²) in [6.07, 6.45) is 3.90. The molecule has 9 heteroatoms. The second-order valence-corrected chi connectivity index (χ2v) is 7.58. The average molecular weight is 399 g/mol. The molecule has 28 heavy (non-hydrogen) atoms. The number of para-hydroxylation sites is 2. The summed E-state index contributed by atoms with van der Waals surface area (Å²) in [6.45, 7) is 0. The molecule has 2 aromatic heterocycles. The van der Waals surface area contributed by atoms with Crippen LogP contribution in [0.1, 0.15) is 31.0 Å². The van der Waals surface area contributed by atoms with Crippen molar-refractivity contribution in [1.82, 2.24) is 20.1 Å². The fraction of sp³-hybridized carbons (Fsp3) is 0.368. The summed E-state index contributed by atoms with van der Waals surface area (Å²) >= 11 is 6.38. The maximum atomic E-state index is 12.7. The minimum atomic E-state index is -0.411. The summed E-state index contributed by atoms with van der Waals surface area (Å²) < 4.78 is 7.44. The molecule has 1 fully saturated rings. The molecule has 1 aliphatic heterocycles. The van der Waals surface area contributed by atoms with Crippen LogP contribution in [0.25, 0.3) is 11.1 Å². The normalized spacial score (nSPS) is 24.6. The van der Waals surface area contributed by atoms with Gasteiger partial charge in [0.05, 0.1) is 22.8 Å². The summed E-state index contributed by atoms with van der Waals surface area (Å²) in [5, 5.41) is 11.2. The first-order chi connectivity index (χ1) is 13.6. The summed E-state index contributed by atoms with van der Waals surface area (Å²) in [6, 6.07) is 7.46. The first-order valence-corrected chi connectivity index (χ1v) is 9.65. The van der Waals surface area contributed by atoms with Crippen LogP contribution in [-0.2, 0) is 11.8 Å². The Morgan fingerprint density at radius 2 is 2.21 bits per heavy atom. The van der Waals surface area contributed by atoms with Gasteiger partial charge in [-0.25, -0.2) is 4.99 Å². The molecule has 144 valence electrons. The van der Waals surface area contributed by atoms with E-state index < -0.39 is 6.04 Å². The molecular formula is C19H19ClN6O2. The lowest BCUT2D eigenvalue weighted by atomic mass is 9.77. The third kappa shape index (κ3) is 2.84. The summed E-state index contributed by atoms with van der Waals surface area (Å²) in [4.78, 5) is 21.9. The molecule has 3 atom stereocenters. The lowest BCUT2D eigenvalue weighted by Gasteiger charge is -2.39.